The van der Waals surface area contributed by atoms with Crippen LogP contribution in [-0.2, 0) is 19.1 Å². The molecule has 1 aromatic carbocycles. The van der Waals surface area contributed by atoms with Gasteiger partial charge in [0.2, 0.25) is 0 Å². The van der Waals surface area contributed by atoms with Crippen LogP contribution in [0.1, 0.15) is 25.8 Å². The minimum Gasteiger partial charge on any atom is -0.466 e. The molecule has 4 nitrogen and oxygen atoms in total. The van der Waals surface area contributed by atoms with Gasteiger partial charge in [-0.25, -0.2) is 4.79 Å². The van der Waals surface area contributed by atoms with E-state index in [1.165, 1.54) is 6.08 Å². The molecule has 0 saturated heterocycles. The van der Waals surface area contributed by atoms with Crippen LogP contribution in [0.5, 0.6) is 0 Å². The molecule has 0 spiro atoms. The summed E-state index contributed by atoms with van der Waals surface area (Å²) in [6.07, 6.45) is 2.58. The number of hydrogen-bond donors (Lipinski definition) is 0. The van der Waals surface area contributed by atoms with Crippen LogP contribution in [0, 0.1) is 0 Å². The Kier molecular flexibility index (Phi) is 6.36. The summed E-state index contributed by atoms with van der Waals surface area (Å²) >= 11 is 0. The van der Waals surface area contributed by atoms with Crippen LogP contribution in [0.3, 0.4) is 0 Å². The molecule has 0 bridgehead atoms. The smallest absolute Gasteiger partial charge is 0.331 e. The summed E-state index contributed by atoms with van der Waals surface area (Å²) in [7, 11) is 0. The molecule has 0 radical (unpaired) electrons. The van der Waals surface area contributed by atoms with Gasteiger partial charge in [-0.1, -0.05) is 30.3 Å². The van der Waals surface area contributed by atoms with Crippen molar-refractivity contribution in [2.24, 2.45) is 0 Å². The van der Waals surface area contributed by atoms with Gasteiger partial charge in [0.1, 0.15) is 6.10 Å². The number of rotatable bonds is 6. The Morgan fingerprint density at radius 3 is 2.58 bits per heavy atom. The van der Waals surface area contributed by atoms with Gasteiger partial charge in [0.05, 0.1) is 13.0 Å². The highest BCUT2D eigenvalue weighted by atomic mass is 16.6. The first-order valence-corrected chi connectivity index (χ1v) is 6.21. The Morgan fingerprint density at radius 2 is 1.95 bits per heavy atom. The van der Waals surface area contributed by atoms with Gasteiger partial charge in [-0.3, -0.25) is 4.79 Å². The molecular formula is C15H18O4. The van der Waals surface area contributed by atoms with Crippen molar-refractivity contribution in [2.75, 3.05) is 6.61 Å². The third-order valence-corrected chi connectivity index (χ3v) is 2.29. The number of ether oxygens (including phenoxy) is 2. The fourth-order valence-corrected chi connectivity index (χ4v) is 1.46. The minimum atomic E-state index is -0.494. The predicted molar refractivity (Wildman–Crippen MR) is 72.3 cm³/mol. The average molecular weight is 262 g/mol. The molecule has 0 amide bonds. The van der Waals surface area contributed by atoms with Gasteiger partial charge in [0, 0.05) is 6.08 Å². The summed E-state index contributed by atoms with van der Waals surface area (Å²) in [5.41, 5.74) is 0.914. The van der Waals surface area contributed by atoms with Crippen LogP contribution < -0.4 is 0 Å². The Labute approximate surface area is 113 Å². The zero-order valence-electron chi connectivity index (χ0n) is 11.2. The molecule has 0 heterocycles. The van der Waals surface area contributed by atoms with E-state index in [-0.39, 0.29) is 12.4 Å². The molecule has 19 heavy (non-hydrogen) atoms. The highest BCUT2D eigenvalue weighted by Gasteiger charge is 2.12. The van der Waals surface area contributed by atoms with Gasteiger partial charge in [0.15, 0.2) is 0 Å². The van der Waals surface area contributed by atoms with E-state index in [9.17, 15) is 9.59 Å². The molecule has 0 saturated carbocycles. The highest BCUT2D eigenvalue weighted by molar-refractivity contribution is 5.87. The maximum atomic E-state index is 11.5. The maximum Gasteiger partial charge on any atom is 0.331 e. The molecule has 0 aliphatic heterocycles. The summed E-state index contributed by atoms with van der Waals surface area (Å²) in [5, 5.41) is 0. The molecule has 0 fully saturated rings. The molecule has 1 unspecified atom stereocenters. The molecule has 0 N–H and O–H groups in total. The Hall–Kier alpha value is -2.10. The van der Waals surface area contributed by atoms with Crippen LogP contribution in [-0.4, -0.2) is 24.6 Å². The lowest BCUT2D eigenvalue weighted by Crippen LogP contribution is -2.18. The lowest BCUT2D eigenvalue weighted by Gasteiger charge is -2.10. The second kappa shape index (κ2) is 8.08. The van der Waals surface area contributed by atoms with Crippen molar-refractivity contribution in [3.05, 3.63) is 42.0 Å². The molecule has 4 heteroatoms. The van der Waals surface area contributed by atoms with Crippen molar-refractivity contribution >= 4 is 18.0 Å². The standard InChI is InChI=1S/C15H18O4/c1-3-18-15(17)11-12(2)19-14(16)10-9-13-7-5-4-6-8-13/h4-10,12H,3,11H2,1-2H3/b10-9+. The molecule has 0 aliphatic rings. The predicted octanol–water partition coefficient (Wildman–Crippen LogP) is 2.58. The van der Waals surface area contributed by atoms with Crippen molar-refractivity contribution in [3.63, 3.8) is 0 Å². The van der Waals surface area contributed by atoms with E-state index < -0.39 is 12.1 Å². The second-order valence-electron chi connectivity index (χ2n) is 4.00. The van der Waals surface area contributed by atoms with Crippen LogP contribution in [0.4, 0.5) is 0 Å². The first-order chi connectivity index (χ1) is 9.11. The molecule has 1 rings (SSSR count). The Morgan fingerprint density at radius 1 is 1.26 bits per heavy atom. The summed E-state index contributed by atoms with van der Waals surface area (Å²) in [4.78, 5) is 22.7. The van der Waals surface area contributed by atoms with Crippen LogP contribution in [0.2, 0.25) is 0 Å². The zero-order valence-corrected chi connectivity index (χ0v) is 11.2. The lowest BCUT2D eigenvalue weighted by atomic mass is 10.2. The third-order valence-electron chi connectivity index (χ3n) is 2.29. The minimum absolute atomic E-state index is 0.0682. The second-order valence-corrected chi connectivity index (χ2v) is 4.00. The van der Waals surface area contributed by atoms with E-state index in [1.54, 1.807) is 19.9 Å². The summed E-state index contributed by atoms with van der Waals surface area (Å²) in [6, 6.07) is 9.43. The van der Waals surface area contributed by atoms with Crippen molar-refractivity contribution < 1.29 is 19.1 Å². The fourth-order valence-electron chi connectivity index (χ4n) is 1.46. The largest absolute Gasteiger partial charge is 0.466 e. The SMILES string of the molecule is CCOC(=O)CC(C)OC(=O)/C=C/c1ccccc1. The number of hydrogen-bond acceptors (Lipinski definition) is 4. The number of carbonyl (C=O) groups excluding carboxylic acids is 2. The van der Waals surface area contributed by atoms with E-state index in [0.29, 0.717) is 6.61 Å². The van der Waals surface area contributed by atoms with Gasteiger partial charge >= 0.3 is 11.9 Å². The Bertz CT molecular complexity index is 437. The molecular weight excluding hydrogens is 244 g/mol. The fraction of sp³-hybridized carbons (Fsp3) is 0.333. The maximum absolute atomic E-state index is 11.5. The van der Waals surface area contributed by atoms with Gasteiger partial charge < -0.3 is 9.47 Å². The lowest BCUT2D eigenvalue weighted by molar-refractivity contribution is -0.150. The summed E-state index contributed by atoms with van der Waals surface area (Å²) in [6.45, 7) is 3.72. The van der Waals surface area contributed by atoms with E-state index in [2.05, 4.69) is 0 Å². The van der Waals surface area contributed by atoms with Crippen molar-refractivity contribution in [2.45, 2.75) is 26.4 Å². The zero-order chi connectivity index (χ0) is 14.1. The topological polar surface area (TPSA) is 52.6 Å². The van der Waals surface area contributed by atoms with Gasteiger partial charge in [0.25, 0.3) is 0 Å². The first kappa shape index (κ1) is 15.0. The first-order valence-electron chi connectivity index (χ1n) is 6.21. The molecule has 1 atom stereocenters. The quantitative estimate of drug-likeness (QED) is 0.584. The summed E-state index contributed by atoms with van der Waals surface area (Å²) in [5.74, 6) is -0.838. The van der Waals surface area contributed by atoms with Gasteiger partial charge in [-0.05, 0) is 25.5 Å². The molecule has 102 valence electrons. The average Bonchev–Trinajstić information content (AvgIpc) is 2.37. The summed E-state index contributed by atoms with van der Waals surface area (Å²) < 4.78 is 9.84. The van der Waals surface area contributed by atoms with Crippen LogP contribution in [0.15, 0.2) is 36.4 Å². The highest BCUT2D eigenvalue weighted by Crippen LogP contribution is 2.04. The van der Waals surface area contributed by atoms with Gasteiger partial charge in [-0.2, -0.15) is 0 Å². The van der Waals surface area contributed by atoms with Crippen molar-refractivity contribution in [1.29, 1.82) is 0 Å². The third kappa shape index (κ3) is 6.41. The van der Waals surface area contributed by atoms with E-state index >= 15 is 0 Å². The van der Waals surface area contributed by atoms with Gasteiger partial charge in [-0.15, -0.1) is 0 Å². The number of esters is 2. The monoisotopic (exact) mass is 262 g/mol. The van der Waals surface area contributed by atoms with Crippen molar-refractivity contribution in [1.82, 2.24) is 0 Å². The normalized spacial score (nSPS) is 12.1. The van der Waals surface area contributed by atoms with Crippen molar-refractivity contribution in [3.8, 4) is 0 Å². The van der Waals surface area contributed by atoms with Crippen LogP contribution in [0.25, 0.3) is 6.08 Å². The van der Waals surface area contributed by atoms with E-state index in [0.717, 1.165) is 5.56 Å². The number of benzene rings is 1. The number of carbonyl (C=O) groups is 2. The molecule has 0 aliphatic carbocycles. The Balaban J connectivity index is 2.38. The molecule has 0 aromatic heterocycles. The molecule has 1 aromatic rings. The van der Waals surface area contributed by atoms with E-state index in [4.69, 9.17) is 9.47 Å². The van der Waals surface area contributed by atoms with Crippen LogP contribution >= 0.6 is 0 Å². The van der Waals surface area contributed by atoms with E-state index in [1.807, 2.05) is 30.3 Å².